The summed E-state index contributed by atoms with van der Waals surface area (Å²) in [5.41, 5.74) is 4.69. The van der Waals surface area contributed by atoms with Gasteiger partial charge < -0.3 is 4.98 Å². The van der Waals surface area contributed by atoms with Gasteiger partial charge in [-0.15, -0.1) is 0 Å². The van der Waals surface area contributed by atoms with Crippen molar-refractivity contribution in [1.82, 2.24) is 4.98 Å². The maximum Gasteiger partial charge on any atom is 0.190 e. The van der Waals surface area contributed by atoms with Crippen molar-refractivity contribution in [3.05, 3.63) is 68.8 Å². The highest BCUT2D eigenvalue weighted by Crippen LogP contribution is 2.27. The molecule has 1 heterocycles. The van der Waals surface area contributed by atoms with Gasteiger partial charge in [-0.3, -0.25) is 4.79 Å². The van der Waals surface area contributed by atoms with Gasteiger partial charge in [-0.25, -0.2) is 0 Å². The Morgan fingerprint density at radius 3 is 2.35 bits per heavy atom. The summed E-state index contributed by atoms with van der Waals surface area (Å²) >= 11 is 6.19. The second kappa shape index (κ2) is 4.80. The van der Waals surface area contributed by atoms with E-state index in [9.17, 15) is 4.79 Å². The fourth-order valence-corrected chi connectivity index (χ4v) is 2.56. The molecule has 0 aliphatic heterocycles. The van der Waals surface area contributed by atoms with Gasteiger partial charge in [0.15, 0.2) is 5.43 Å². The summed E-state index contributed by atoms with van der Waals surface area (Å²) in [5, 5.41) is 1.48. The standard InChI is InChI=1S/C17H14ClNO/c1-10-7-12(8-11(2)17(10)18)15-9-16(20)13-5-3-4-6-14(13)19-15/h3-9H,1-2H3,(H,19,20). The lowest BCUT2D eigenvalue weighted by atomic mass is 10.0. The number of aromatic amines is 1. The van der Waals surface area contributed by atoms with Crippen LogP contribution < -0.4 is 5.43 Å². The molecule has 1 N–H and O–H groups in total. The monoisotopic (exact) mass is 283 g/mol. The molecule has 0 unspecified atom stereocenters. The number of fused-ring (bicyclic) bond motifs is 1. The molecule has 0 radical (unpaired) electrons. The number of rotatable bonds is 1. The highest BCUT2D eigenvalue weighted by atomic mass is 35.5. The van der Waals surface area contributed by atoms with Crippen molar-refractivity contribution in [3.8, 4) is 11.3 Å². The number of benzene rings is 2. The smallest absolute Gasteiger partial charge is 0.190 e. The van der Waals surface area contributed by atoms with Gasteiger partial charge in [-0.2, -0.15) is 0 Å². The predicted molar refractivity (Wildman–Crippen MR) is 84.5 cm³/mol. The first-order chi connectivity index (χ1) is 9.56. The number of aryl methyl sites for hydroxylation is 2. The van der Waals surface area contributed by atoms with E-state index in [2.05, 4.69) is 4.98 Å². The molecule has 2 nitrogen and oxygen atoms in total. The molecule has 0 spiro atoms. The number of nitrogens with one attached hydrogen (secondary N) is 1. The average Bonchev–Trinajstić information content (AvgIpc) is 2.44. The van der Waals surface area contributed by atoms with Crippen LogP contribution in [0, 0.1) is 13.8 Å². The van der Waals surface area contributed by atoms with Crippen molar-refractivity contribution in [2.45, 2.75) is 13.8 Å². The lowest BCUT2D eigenvalue weighted by Gasteiger charge is -2.09. The first-order valence-corrected chi connectivity index (χ1v) is 6.83. The zero-order chi connectivity index (χ0) is 14.3. The van der Waals surface area contributed by atoms with Gasteiger partial charge in [-0.05, 0) is 54.8 Å². The van der Waals surface area contributed by atoms with Crippen LogP contribution in [0.3, 0.4) is 0 Å². The van der Waals surface area contributed by atoms with E-state index < -0.39 is 0 Å². The molecule has 0 fully saturated rings. The summed E-state index contributed by atoms with van der Waals surface area (Å²) < 4.78 is 0. The number of aromatic nitrogens is 1. The number of hydrogen-bond acceptors (Lipinski definition) is 1. The predicted octanol–water partition coefficient (Wildman–Crippen LogP) is 4.47. The van der Waals surface area contributed by atoms with E-state index in [-0.39, 0.29) is 5.43 Å². The number of para-hydroxylation sites is 1. The minimum atomic E-state index is 0.0274. The van der Waals surface area contributed by atoms with Crippen LogP contribution in [0.4, 0.5) is 0 Å². The fraction of sp³-hybridized carbons (Fsp3) is 0.118. The Morgan fingerprint density at radius 2 is 1.65 bits per heavy atom. The van der Waals surface area contributed by atoms with E-state index in [0.29, 0.717) is 5.39 Å². The number of halogens is 1. The molecular formula is C17H14ClNO. The van der Waals surface area contributed by atoms with Crippen LogP contribution in [0.5, 0.6) is 0 Å². The molecule has 0 saturated carbocycles. The lowest BCUT2D eigenvalue weighted by molar-refractivity contribution is 1.33. The molecule has 0 saturated heterocycles. The maximum absolute atomic E-state index is 12.2. The summed E-state index contributed by atoms with van der Waals surface area (Å²) in [6.45, 7) is 3.94. The van der Waals surface area contributed by atoms with Crippen LogP contribution >= 0.6 is 11.6 Å². The Balaban J connectivity index is 2.27. The zero-order valence-electron chi connectivity index (χ0n) is 11.3. The summed E-state index contributed by atoms with van der Waals surface area (Å²) in [6.07, 6.45) is 0. The molecular weight excluding hydrogens is 270 g/mol. The van der Waals surface area contributed by atoms with Crippen LogP contribution in [0.15, 0.2) is 47.3 Å². The van der Waals surface area contributed by atoms with Gasteiger partial charge in [0.1, 0.15) is 0 Å². The first kappa shape index (κ1) is 12.9. The Morgan fingerprint density at radius 1 is 1.00 bits per heavy atom. The average molecular weight is 284 g/mol. The van der Waals surface area contributed by atoms with Crippen LogP contribution in [0.25, 0.3) is 22.2 Å². The molecule has 0 atom stereocenters. The summed E-state index contributed by atoms with van der Waals surface area (Å²) in [6, 6.07) is 13.2. The van der Waals surface area contributed by atoms with E-state index in [1.807, 2.05) is 50.2 Å². The fourth-order valence-electron chi connectivity index (χ4n) is 2.45. The molecule has 3 rings (SSSR count). The van der Waals surface area contributed by atoms with Crippen LogP contribution in [0.2, 0.25) is 5.02 Å². The Labute approximate surface area is 122 Å². The summed E-state index contributed by atoms with van der Waals surface area (Å²) in [7, 11) is 0. The van der Waals surface area contributed by atoms with Gasteiger partial charge in [0, 0.05) is 27.7 Å². The van der Waals surface area contributed by atoms with E-state index in [1.165, 1.54) is 0 Å². The molecule has 2 aromatic carbocycles. The molecule has 0 aliphatic rings. The van der Waals surface area contributed by atoms with Gasteiger partial charge in [0.2, 0.25) is 0 Å². The maximum atomic E-state index is 12.2. The van der Waals surface area contributed by atoms with Crippen molar-refractivity contribution < 1.29 is 0 Å². The van der Waals surface area contributed by atoms with Gasteiger partial charge >= 0.3 is 0 Å². The van der Waals surface area contributed by atoms with Crippen molar-refractivity contribution >= 4 is 22.5 Å². The molecule has 1 aromatic heterocycles. The summed E-state index contributed by atoms with van der Waals surface area (Å²) in [5.74, 6) is 0. The van der Waals surface area contributed by atoms with Crippen molar-refractivity contribution in [2.75, 3.05) is 0 Å². The minimum absolute atomic E-state index is 0.0274. The van der Waals surface area contributed by atoms with Crippen LogP contribution in [0.1, 0.15) is 11.1 Å². The quantitative estimate of drug-likeness (QED) is 0.702. The second-order valence-corrected chi connectivity index (χ2v) is 5.39. The topological polar surface area (TPSA) is 32.9 Å². The van der Waals surface area contributed by atoms with Gasteiger partial charge in [-0.1, -0.05) is 23.7 Å². The molecule has 3 heteroatoms. The van der Waals surface area contributed by atoms with E-state index in [1.54, 1.807) is 6.07 Å². The SMILES string of the molecule is Cc1cc(-c2cc(=O)c3ccccc3[nH]2)cc(C)c1Cl. The normalized spacial score (nSPS) is 10.9. The van der Waals surface area contributed by atoms with E-state index in [4.69, 9.17) is 11.6 Å². The molecule has 0 amide bonds. The zero-order valence-corrected chi connectivity index (χ0v) is 12.1. The van der Waals surface area contributed by atoms with Crippen LogP contribution in [-0.2, 0) is 0 Å². The molecule has 0 bridgehead atoms. The van der Waals surface area contributed by atoms with Crippen molar-refractivity contribution in [2.24, 2.45) is 0 Å². The molecule has 100 valence electrons. The highest BCUT2D eigenvalue weighted by molar-refractivity contribution is 6.32. The number of H-pyrrole nitrogens is 1. The lowest BCUT2D eigenvalue weighted by Crippen LogP contribution is -2.02. The van der Waals surface area contributed by atoms with Crippen molar-refractivity contribution in [1.29, 1.82) is 0 Å². The minimum Gasteiger partial charge on any atom is -0.354 e. The largest absolute Gasteiger partial charge is 0.354 e. The van der Waals surface area contributed by atoms with Crippen LogP contribution in [-0.4, -0.2) is 4.98 Å². The Kier molecular flexibility index (Phi) is 3.11. The van der Waals surface area contributed by atoms with Crippen molar-refractivity contribution in [3.63, 3.8) is 0 Å². The molecule has 20 heavy (non-hydrogen) atoms. The molecule has 0 aliphatic carbocycles. The molecule has 3 aromatic rings. The van der Waals surface area contributed by atoms with E-state index >= 15 is 0 Å². The third-order valence-corrected chi connectivity index (χ3v) is 4.08. The second-order valence-electron chi connectivity index (χ2n) is 5.02. The number of pyridine rings is 1. The van der Waals surface area contributed by atoms with Gasteiger partial charge in [0.05, 0.1) is 0 Å². The Bertz CT molecular complexity index is 841. The third-order valence-electron chi connectivity index (χ3n) is 3.48. The number of hydrogen-bond donors (Lipinski definition) is 1. The van der Waals surface area contributed by atoms with Gasteiger partial charge in [0.25, 0.3) is 0 Å². The third kappa shape index (κ3) is 2.12. The highest BCUT2D eigenvalue weighted by Gasteiger charge is 2.07. The van der Waals surface area contributed by atoms with E-state index in [0.717, 1.165) is 32.9 Å². The Hall–Kier alpha value is -2.06. The summed E-state index contributed by atoms with van der Waals surface area (Å²) in [4.78, 5) is 15.5. The first-order valence-electron chi connectivity index (χ1n) is 6.45.